The summed E-state index contributed by atoms with van der Waals surface area (Å²) in [5.41, 5.74) is -0.541. The summed E-state index contributed by atoms with van der Waals surface area (Å²) in [7, 11) is 1.42. The van der Waals surface area contributed by atoms with Crippen molar-refractivity contribution in [1.82, 2.24) is 19.8 Å². The van der Waals surface area contributed by atoms with Crippen molar-refractivity contribution in [2.45, 2.75) is 77.4 Å². The molecule has 0 radical (unpaired) electrons. The summed E-state index contributed by atoms with van der Waals surface area (Å²) < 4.78 is 25.4. The second-order valence-electron chi connectivity index (χ2n) is 12.3. The fraction of sp³-hybridized carbons (Fsp3) is 0.545. The van der Waals surface area contributed by atoms with Gasteiger partial charge in [-0.3, -0.25) is 14.4 Å². The van der Waals surface area contributed by atoms with Crippen LogP contribution in [0.25, 0.3) is 0 Å². The molecule has 0 spiro atoms. The van der Waals surface area contributed by atoms with E-state index in [1.807, 2.05) is 20.8 Å². The Hall–Kier alpha value is -4.06. The molecule has 2 aromatic carbocycles. The van der Waals surface area contributed by atoms with Gasteiger partial charge >= 0.3 is 0 Å². The van der Waals surface area contributed by atoms with Gasteiger partial charge in [0, 0.05) is 44.3 Å². The maximum Gasteiger partial charge on any atom is 0.271 e. The summed E-state index contributed by atoms with van der Waals surface area (Å²) in [6.07, 6.45) is 8.92. The van der Waals surface area contributed by atoms with E-state index in [1.54, 1.807) is 11.1 Å². The number of nitrogens with one attached hydrogen (secondary N) is 2. The molecule has 0 atom stereocenters. The smallest absolute Gasteiger partial charge is 0.271 e. The molecule has 1 saturated carbocycles. The maximum absolute atomic E-state index is 14.2. The second kappa shape index (κ2) is 14.4. The van der Waals surface area contributed by atoms with Crippen molar-refractivity contribution >= 4 is 17.4 Å². The first-order valence-corrected chi connectivity index (χ1v) is 15.9. The summed E-state index contributed by atoms with van der Waals surface area (Å²) in [5.74, 6) is 1.10. The first kappa shape index (κ1) is 32.3. The molecule has 2 fully saturated rings. The molecule has 2 aliphatic rings. The topological polar surface area (TPSA) is 126 Å². The van der Waals surface area contributed by atoms with Crippen molar-refractivity contribution < 1.29 is 18.7 Å². The van der Waals surface area contributed by atoms with Crippen molar-refractivity contribution in [2.24, 2.45) is 5.92 Å². The Bertz CT molecular complexity index is 1540. The number of hydrogen-bond acceptors (Lipinski definition) is 10. The molecule has 0 bridgehead atoms. The minimum Gasteiger partial charge on any atom is -0.491 e. The van der Waals surface area contributed by atoms with E-state index < -0.39 is 16.7 Å². The first-order chi connectivity index (χ1) is 21.7. The number of benzene rings is 1. The predicted molar refractivity (Wildman–Crippen MR) is 171 cm³/mol. The van der Waals surface area contributed by atoms with Gasteiger partial charge in [-0.25, -0.2) is 14.4 Å². The molecule has 242 valence electrons. The third kappa shape index (κ3) is 7.43. The number of carbonyl (C=O) groups is 1. The quantitative estimate of drug-likeness (QED) is 0.280. The molecule has 1 amide bonds. The standard InChI is InChI=1S/C33H43FN6O5/c1-5-40(20(2)3)33(43)25-16-22(34)8-11-26(25)45-27-17-35-19-36-32(27)38-24-12-14-39(15-13-24)18-21-6-9-23(10-7-21)37-28-29(41)30(42)31(28)44-4/h8,11,16-17,19-21,23-24,37H,5-7,9-10,12-15,18H2,1-4H3,(H,35,36,38). The third-order valence-electron chi connectivity index (χ3n) is 9.01. The average molecular weight is 623 g/mol. The number of carbonyl (C=O) groups excluding carboxylic acids is 1. The van der Waals surface area contributed by atoms with Crippen LogP contribution in [0.3, 0.4) is 0 Å². The number of anilines is 2. The normalized spacial score (nSPS) is 19.4. The van der Waals surface area contributed by atoms with Crippen LogP contribution in [-0.4, -0.2) is 77.1 Å². The molecule has 1 aliphatic carbocycles. The van der Waals surface area contributed by atoms with Crippen LogP contribution in [0.2, 0.25) is 0 Å². The lowest BCUT2D eigenvalue weighted by Gasteiger charge is -2.37. The third-order valence-corrected chi connectivity index (χ3v) is 9.01. The lowest BCUT2D eigenvalue weighted by molar-refractivity contribution is 0.0713. The van der Waals surface area contributed by atoms with Crippen molar-refractivity contribution in [3.8, 4) is 17.2 Å². The Balaban J connectivity index is 1.13. The summed E-state index contributed by atoms with van der Waals surface area (Å²) in [4.78, 5) is 49.5. The summed E-state index contributed by atoms with van der Waals surface area (Å²) in [5, 5.41) is 6.75. The summed E-state index contributed by atoms with van der Waals surface area (Å²) in [6.45, 7) is 9.17. The van der Waals surface area contributed by atoms with Gasteiger partial charge in [0.05, 0.1) is 18.9 Å². The van der Waals surface area contributed by atoms with Crippen molar-refractivity contribution in [1.29, 1.82) is 0 Å². The minimum atomic E-state index is -0.547. The SMILES string of the molecule is CCN(C(=O)c1cc(F)ccc1Oc1cncnc1NC1CCN(CC2CCC(Nc3c(OC)c(=O)c3=O)CC2)CC1)C(C)C. The highest BCUT2D eigenvalue weighted by Crippen LogP contribution is 2.33. The molecule has 0 unspecified atom stereocenters. The van der Waals surface area contributed by atoms with E-state index in [9.17, 15) is 18.8 Å². The molecule has 2 heterocycles. The number of piperidine rings is 1. The van der Waals surface area contributed by atoms with E-state index in [0.717, 1.165) is 58.2 Å². The van der Waals surface area contributed by atoms with Gasteiger partial charge in [0.15, 0.2) is 17.3 Å². The molecule has 3 aromatic rings. The van der Waals surface area contributed by atoms with Crippen LogP contribution in [0.15, 0.2) is 40.3 Å². The fourth-order valence-corrected chi connectivity index (χ4v) is 6.48. The summed E-state index contributed by atoms with van der Waals surface area (Å²) >= 11 is 0. The van der Waals surface area contributed by atoms with Crippen molar-refractivity contribution in [2.75, 3.05) is 43.9 Å². The van der Waals surface area contributed by atoms with Crippen LogP contribution in [0.4, 0.5) is 15.9 Å². The zero-order chi connectivity index (χ0) is 32.1. The Morgan fingerprint density at radius 3 is 2.42 bits per heavy atom. The van der Waals surface area contributed by atoms with E-state index in [0.29, 0.717) is 29.7 Å². The number of methoxy groups -OCH3 is 1. The Kier molecular flexibility index (Phi) is 10.3. The summed E-state index contributed by atoms with van der Waals surface area (Å²) in [6, 6.07) is 4.28. The molecule has 11 nitrogen and oxygen atoms in total. The van der Waals surface area contributed by atoms with Crippen molar-refractivity contribution in [3.05, 3.63) is 62.6 Å². The minimum absolute atomic E-state index is 0.0479. The highest BCUT2D eigenvalue weighted by Gasteiger charge is 2.29. The highest BCUT2D eigenvalue weighted by molar-refractivity contribution is 5.97. The second-order valence-corrected chi connectivity index (χ2v) is 12.3. The number of hydrogen-bond donors (Lipinski definition) is 2. The molecular weight excluding hydrogens is 579 g/mol. The largest absolute Gasteiger partial charge is 0.491 e. The lowest BCUT2D eigenvalue weighted by Crippen LogP contribution is -2.43. The number of nitrogens with zero attached hydrogens (tertiary/aromatic N) is 4. The fourth-order valence-electron chi connectivity index (χ4n) is 6.48. The van der Waals surface area contributed by atoms with Crippen LogP contribution < -0.4 is 31.0 Å². The Morgan fingerprint density at radius 1 is 1.04 bits per heavy atom. The zero-order valence-electron chi connectivity index (χ0n) is 26.5. The van der Waals surface area contributed by atoms with Gasteiger partial charge < -0.3 is 29.9 Å². The predicted octanol–water partition coefficient (Wildman–Crippen LogP) is 4.43. The number of ether oxygens (including phenoxy) is 2. The van der Waals surface area contributed by atoms with E-state index >= 15 is 0 Å². The van der Waals surface area contributed by atoms with Gasteiger partial charge in [0.2, 0.25) is 0 Å². The first-order valence-electron chi connectivity index (χ1n) is 15.9. The molecule has 5 rings (SSSR count). The van der Waals surface area contributed by atoms with Crippen LogP contribution in [0, 0.1) is 11.7 Å². The highest BCUT2D eigenvalue weighted by atomic mass is 19.1. The molecule has 1 aliphatic heterocycles. The Labute approximate surface area is 262 Å². The molecule has 45 heavy (non-hydrogen) atoms. The maximum atomic E-state index is 14.2. The van der Waals surface area contributed by atoms with Crippen LogP contribution >= 0.6 is 0 Å². The number of halogens is 1. The van der Waals surface area contributed by atoms with Gasteiger partial charge in [-0.2, -0.15) is 0 Å². The van der Waals surface area contributed by atoms with E-state index in [2.05, 4.69) is 25.5 Å². The van der Waals surface area contributed by atoms with Crippen molar-refractivity contribution in [3.63, 3.8) is 0 Å². The van der Waals surface area contributed by atoms with Crippen LogP contribution in [0.1, 0.15) is 69.7 Å². The molecule has 1 aromatic heterocycles. The lowest BCUT2D eigenvalue weighted by atomic mass is 9.85. The van der Waals surface area contributed by atoms with Crippen LogP contribution in [0.5, 0.6) is 17.2 Å². The number of rotatable bonds is 12. The number of likely N-dealkylation sites (tertiary alicyclic amines) is 1. The van der Waals surface area contributed by atoms with Gasteiger partial charge in [-0.1, -0.05) is 0 Å². The van der Waals surface area contributed by atoms with E-state index in [-0.39, 0.29) is 41.1 Å². The number of aromatic nitrogens is 2. The monoisotopic (exact) mass is 622 g/mol. The zero-order valence-corrected chi connectivity index (χ0v) is 26.5. The molecule has 1 saturated heterocycles. The van der Waals surface area contributed by atoms with Gasteiger partial charge in [-0.05, 0) is 83.4 Å². The van der Waals surface area contributed by atoms with E-state index in [4.69, 9.17) is 9.47 Å². The van der Waals surface area contributed by atoms with Gasteiger partial charge in [0.1, 0.15) is 23.6 Å². The average Bonchev–Trinajstić information content (AvgIpc) is 3.04. The Morgan fingerprint density at radius 2 is 1.76 bits per heavy atom. The number of amides is 1. The molecule has 12 heteroatoms. The van der Waals surface area contributed by atoms with Gasteiger partial charge in [0.25, 0.3) is 16.8 Å². The van der Waals surface area contributed by atoms with E-state index in [1.165, 1.54) is 31.6 Å². The molecular formula is C33H43FN6O5. The molecule has 2 N–H and O–H groups in total. The van der Waals surface area contributed by atoms with Gasteiger partial charge in [-0.15, -0.1) is 0 Å². The van der Waals surface area contributed by atoms with Crippen LogP contribution in [-0.2, 0) is 0 Å².